The van der Waals surface area contributed by atoms with Gasteiger partial charge in [0.25, 0.3) is 5.91 Å². The van der Waals surface area contributed by atoms with Gasteiger partial charge in [-0.15, -0.1) is 0 Å². The lowest BCUT2D eigenvalue weighted by Crippen LogP contribution is -2.44. The van der Waals surface area contributed by atoms with Crippen molar-refractivity contribution in [2.75, 3.05) is 43.4 Å². The second-order valence-corrected chi connectivity index (χ2v) is 6.95. The summed E-state index contributed by atoms with van der Waals surface area (Å²) >= 11 is 0. The van der Waals surface area contributed by atoms with Crippen LogP contribution in [0.25, 0.3) is 0 Å². The first-order valence-electron chi connectivity index (χ1n) is 9.13. The van der Waals surface area contributed by atoms with Crippen LogP contribution in [0.2, 0.25) is 0 Å². The van der Waals surface area contributed by atoms with Crippen molar-refractivity contribution in [1.82, 2.24) is 10.2 Å². The Hall–Kier alpha value is -2.80. The van der Waals surface area contributed by atoms with E-state index in [2.05, 4.69) is 33.5 Å². The molecule has 144 valence electrons. The quantitative estimate of drug-likeness (QED) is 0.843. The third-order valence-electron chi connectivity index (χ3n) is 4.82. The predicted molar refractivity (Wildman–Crippen MR) is 105 cm³/mol. The zero-order chi connectivity index (χ0) is 19.4. The number of piperazine rings is 1. The maximum Gasteiger partial charge on any atom is 0.287 e. The molecule has 2 heterocycles. The minimum Gasteiger partial charge on any atom is -0.459 e. The summed E-state index contributed by atoms with van der Waals surface area (Å²) in [4.78, 5) is 29.1. The fraction of sp³-hybridized carbons (Fsp3) is 0.400. The van der Waals surface area contributed by atoms with Gasteiger partial charge in [0.15, 0.2) is 5.76 Å². The largest absolute Gasteiger partial charge is 0.459 e. The second kappa shape index (κ2) is 8.26. The molecule has 27 heavy (non-hydrogen) atoms. The number of aryl methyl sites for hydroxylation is 1. The predicted octanol–water partition coefficient (Wildman–Crippen LogP) is 2.10. The molecule has 0 spiro atoms. The average molecular weight is 370 g/mol. The highest BCUT2D eigenvalue weighted by atomic mass is 16.3. The smallest absolute Gasteiger partial charge is 0.287 e. The van der Waals surface area contributed by atoms with E-state index < -0.39 is 11.9 Å². The van der Waals surface area contributed by atoms with E-state index in [0.29, 0.717) is 0 Å². The molecule has 1 aliphatic rings. The molecule has 1 fully saturated rings. The van der Waals surface area contributed by atoms with Gasteiger partial charge >= 0.3 is 0 Å². The van der Waals surface area contributed by atoms with Gasteiger partial charge < -0.3 is 24.9 Å². The SMILES string of the molecule is Cc1cc(N2CCN(C)CC2)ccc1NC(=O)[C@H](C)NC(=O)c1ccco1. The topological polar surface area (TPSA) is 77.8 Å². The van der Waals surface area contributed by atoms with Crippen molar-refractivity contribution in [1.29, 1.82) is 0 Å². The van der Waals surface area contributed by atoms with E-state index in [4.69, 9.17) is 4.42 Å². The maximum absolute atomic E-state index is 12.4. The van der Waals surface area contributed by atoms with Crippen molar-refractivity contribution in [2.24, 2.45) is 0 Å². The lowest BCUT2D eigenvalue weighted by molar-refractivity contribution is -0.117. The summed E-state index contributed by atoms with van der Waals surface area (Å²) < 4.78 is 5.04. The standard InChI is InChI=1S/C20H26N4O3/c1-14-13-16(24-10-8-23(3)9-11-24)6-7-17(14)22-19(25)15(2)21-20(26)18-5-4-12-27-18/h4-7,12-13,15H,8-11H2,1-3H3,(H,21,26)(H,22,25)/t15-/m0/s1. The Bertz CT molecular complexity index is 796. The number of amides is 2. The van der Waals surface area contributed by atoms with Gasteiger partial charge in [0.2, 0.25) is 5.91 Å². The molecule has 0 aliphatic carbocycles. The number of nitrogens with zero attached hydrogens (tertiary/aromatic N) is 2. The Morgan fingerprint density at radius 3 is 2.52 bits per heavy atom. The highest BCUT2D eigenvalue weighted by molar-refractivity contribution is 6.00. The first-order valence-corrected chi connectivity index (χ1v) is 9.13. The Morgan fingerprint density at radius 1 is 1.15 bits per heavy atom. The number of hydrogen-bond donors (Lipinski definition) is 2. The molecule has 0 saturated carbocycles. The fourth-order valence-electron chi connectivity index (χ4n) is 3.03. The lowest BCUT2D eigenvalue weighted by atomic mass is 10.1. The van der Waals surface area contributed by atoms with Gasteiger partial charge in [0.1, 0.15) is 6.04 Å². The first-order chi connectivity index (χ1) is 12.9. The number of furan rings is 1. The second-order valence-electron chi connectivity index (χ2n) is 6.95. The zero-order valence-electron chi connectivity index (χ0n) is 16.0. The Balaban J connectivity index is 1.59. The van der Waals surface area contributed by atoms with Gasteiger partial charge in [-0.25, -0.2) is 0 Å². The molecule has 7 nitrogen and oxygen atoms in total. The Morgan fingerprint density at radius 2 is 1.89 bits per heavy atom. The van der Waals surface area contributed by atoms with E-state index in [9.17, 15) is 9.59 Å². The molecule has 3 rings (SSSR count). The molecule has 1 aromatic heterocycles. The fourth-order valence-corrected chi connectivity index (χ4v) is 3.03. The Labute approximate surface area is 159 Å². The number of carbonyl (C=O) groups is 2. The molecule has 7 heteroatoms. The normalized spacial score (nSPS) is 16.0. The number of anilines is 2. The van der Waals surface area contributed by atoms with Crippen LogP contribution in [0.4, 0.5) is 11.4 Å². The number of likely N-dealkylation sites (N-methyl/N-ethyl adjacent to an activating group) is 1. The van der Waals surface area contributed by atoms with Crippen LogP contribution in [-0.2, 0) is 4.79 Å². The monoisotopic (exact) mass is 370 g/mol. The summed E-state index contributed by atoms with van der Waals surface area (Å²) in [6.07, 6.45) is 1.42. The third-order valence-corrected chi connectivity index (χ3v) is 4.82. The van der Waals surface area contributed by atoms with E-state index in [-0.39, 0.29) is 11.7 Å². The maximum atomic E-state index is 12.4. The summed E-state index contributed by atoms with van der Waals surface area (Å²) in [5.74, 6) is -0.502. The Kier molecular flexibility index (Phi) is 5.81. The van der Waals surface area contributed by atoms with Crippen molar-refractivity contribution >= 4 is 23.2 Å². The molecular formula is C20H26N4O3. The van der Waals surface area contributed by atoms with Crippen LogP contribution < -0.4 is 15.5 Å². The molecule has 1 aromatic carbocycles. The number of nitrogens with one attached hydrogen (secondary N) is 2. The summed E-state index contributed by atoms with van der Waals surface area (Å²) in [5, 5.41) is 5.52. The molecule has 0 unspecified atom stereocenters. The van der Waals surface area contributed by atoms with Crippen LogP contribution in [0.3, 0.4) is 0 Å². The summed E-state index contributed by atoms with van der Waals surface area (Å²) in [6.45, 7) is 7.70. The van der Waals surface area contributed by atoms with Crippen molar-refractivity contribution in [3.63, 3.8) is 0 Å². The van der Waals surface area contributed by atoms with E-state index in [1.54, 1.807) is 19.1 Å². The van der Waals surface area contributed by atoms with Crippen molar-refractivity contribution in [2.45, 2.75) is 19.9 Å². The summed E-state index contributed by atoms with van der Waals surface area (Å²) in [5.41, 5.74) is 2.90. The first kappa shape index (κ1) is 19.0. The molecule has 2 aromatic rings. The zero-order valence-corrected chi connectivity index (χ0v) is 16.0. The van der Waals surface area contributed by atoms with Gasteiger partial charge in [-0.3, -0.25) is 9.59 Å². The molecule has 1 saturated heterocycles. The number of rotatable bonds is 5. The van der Waals surface area contributed by atoms with E-state index in [0.717, 1.165) is 43.1 Å². The minimum atomic E-state index is -0.681. The lowest BCUT2D eigenvalue weighted by Gasteiger charge is -2.34. The van der Waals surface area contributed by atoms with Crippen LogP contribution in [-0.4, -0.2) is 56.0 Å². The molecule has 2 amide bonds. The van der Waals surface area contributed by atoms with Crippen LogP contribution in [0, 0.1) is 6.92 Å². The number of benzene rings is 1. The van der Waals surface area contributed by atoms with E-state index in [1.165, 1.54) is 6.26 Å². The van der Waals surface area contributed by atoms with Gasteiger partial charge in [-0.05, 0) is 56.8 Å². The van der Waals surface area contributed by atoms with Crippen LogP contribution in [0.15, 0.2) is 41.0 Å². The third kappa shape index (κ3) is 4.68. The number of hydrogen-bond acceptors (Lipinski definition) is 5. The molecule has 0 bridgehead atoms. The van der Waals surface area contributed by atoms with Crippen LogP contribution in [0.1, 0.15) is 23.0 Å². The van der Waals surface area contributed by atoms with Gasteiger partial charge in [-0.2, -0.15) is 0 Å². The molecule has 1 atom stereocenters. The van der Waals surface area contributed by atoms with E-state index >= 15 is 0 Å². The number of carbonyl (C=O) groups excluding carboxylic acids is 2. The van der Waals surface area contributed by atoms with Gasteiger partial charge in [0, 0.05) is 37.6 Å². The van der Waals surface area contributed by atoms with Crippen molar-refractivity contribution < 1.29 is 14.0 Å². The van der Waals surface area contributed by atoms with Gasteiger partial charge in [-0.1, -0.05) is 0 Å². The van der Waals surface area contributed by atoms with Crippen molar-refractivity contribution in [3.8, 4) is 0 Å². The molecular weight excluding hydrogens is 344 g/mol. The van der Waals surface area contributed by atoms with Crippen LogP contribution in [0.5, 0.6) is 0 Å². The molecule has 1 aliphatic heterocycles. The minimum absolute atomic E-state index is 0.183. The summed E-state index contributed by atoms with van der Waals surface area (Å²) in [6, 6.07) is 8.54. The highest BCUT2D eigenvalue weighted by Crippen LogP contribution is 2.23. The van der Waals surface area contributed by atoms with Gasteiger partial charge in [0.05, 0.1) is 6.26 Å². The van der Waals surface area contributed by atoms with E-state index in [1.807, 2.05) is 19.1 Å². The highest BCUT2D eigenvalue weighted by Gasteiger charge is 2.19. The molecule has 0 radical (unpaired) electrons. The summed E-state index contributed by atoms with van der Waals surface area (Å²) in [7, 11) is 2.13. The van der Waals surface area contributed by atoms with Crippen LogP contribution >= 0.6 is 0 Å². The van der Waals surface area contributed by atoms with Crippen molar-refractivity contribution in [3.05, 3.63) is 47.9 Å². The average Bonchev–Trinajstić information content (AvgIpc) is 3.19. The molecule has 2 N–H and O–H groups in total.